The molecule has 0 saturated heterocycles. The molecule has 3 heterocycles. The summed E-state index contributed by atoms with van der Waals surface area (Å²) >= 11 is 9.24. The molecule has 0 bridgehead atoms. The van der Waals surface area contributed by atoms with Crippen LogP contribution in [0.5, 0.6) is 0 Å². The predicted octanol–water partition coefficient (Wildman–Crippen LogP) is 5.45. The van der Waals surface area contributed by atoms with Gasteiger partial charge in [0.05, 0.1) is 17.2 Å². The topological polar surface area (TPSA) is 58.6 Å². The Bertz CT molecular complexity index is 1080. The molecule has 2 aromatic heterocycles. The molecule has 0 spiro atoms. The van der Waals surface area contributed by atoms with Gasteiger partial charge in [-0.05, 0) is 32.0 Å². The normalized spacial score (nSPS) is 13.6. The van der Waals surface area contributed by atoms with Crippen LogP contribution in [0.25, 0.3) is 10.1 Å². The first kappa shape index (κ1) is 22.1. The Hall–Kier alpha value is -1.64. The fourth-order valence-corrected chi connectivity index (χ4v) is 6.08. The molecule has 0 saturated carbocycles. The van der Waals surface area contributed by atoms with Crippen molar-refractivity contribution >= 4 is 73.6 Å². The number of nitrogens with one attached hydrogen (secondary N) is 1. The largest absolute Gasteiger partial charge is 0.462 e. The van der Waals surface area contributed by atoms with Gasteiger partial charge in [0.2, 0.25) is 0 Å². The lowest BCUT2D eigenvalue weighted by molar-refractivity contribution is 0.0526. The number of esters is 1. The molecule has 1 aliphatic rings. The van der Waals surface area contributed by atoms with Gasteiger partial charge in [-0.25, -0.2) is 4.79 Å². The predicted molar refractivity (Wildman–Crippen MR) is 122 cm³/mol. The molecule has 1 amide bonds. The molecule has 0 fully saturated rings. The summed E-state index contributed by atoms with van der Waals surface area (Å²) in [5, 5.41) is 4.77. The molecule has 5 nitrogen and oxygen atoms in total. The second kappa shape index (κ2) is 9.02. The van der Waals surface area contributed by atoms with Crippen molar-refractivity contribution in [3.8, 4) is 0 Å². The van der Waals surface area contributed by atoms with Crippen molar-refractivity contribution in [3.05, 3.63) is 50.2 Å². The lowest BCUT2D eigenvalue weighted by Crippen LogP contribution is -2.26. The molecule has 154 valence electrons. The SMILES string of the molecule is CCOC(=O)c1c(NC(=O)c2sc3ccccc3c2Cl)sc2c1CCN(C)C2.Cl. The van der Waals surface area contributed by atoms with E-state index in [0.717, 1.165) is 40.0 Å². The molecule has 0 atom stereocenters. The molecule has 9 heteroatoms. The Kier molecular flexibility index (Phi) is 6.86. The number of halogens is 2. The summed E-state index contributed by atoms with van der Waals surface area (Å²) in [6.45, 7) is 3.69. The summed E-state index contributed by atoms with van der Waals surface area (Å²) < 4.78 is 6.21. The van der Waals surface area contributed by atoms with E-state index in [2.05, 4.69) is 10.2 Å². The van der Waals surface area contributed by atoms with Crippen molar-refractivity contribution in [2.24, 2.45) is 0 Å². The molecule has 1 aromatic carbocycles. The minimum Gasteiger partial charge on any atom is -0.462 e. The number of hydrogen-bond donors (Lipinski definition) is 1. The third-order valence-corrected chi connectivity index (χ3v) is 7.50. The highest BCUT2D eigenvalue weighted by Crippen LogP contribution is 2.39. The van der Waals surface area contributed by atoms with Crippen LogP contribution in [-0.4, -0.2) is 37.0 Å². The fraction of sp³-hybridized carbons (Fsp3) is 0.300. The van der Waals surface area contributed by atoms with Crippen molar-refractivity contribution in [2.45, 2.75) is 19.9 Å². The summed E-state index contributed by atoms with van der Waals surface area (Å²) in [6.07, 6.45) is 0.760. The van der Waals surface area contributed by atoms with Crippen LogP contribution < -0.4 is 5.32 Å². The molecule has 0 radical (unpaired) electrons. The zero-order chi connectivity index (χ0) is 19.8. The molecule has 3 aromatic rings. The van der Waals surface area contributed by atoms with E-state index in [9.17, 15) is 9.59 Å². The van der Waals surface area contributed by atoms with E-state index in [4.69, 9.17) is 16.3 Å². The number of rotatable bonds is 4. The third kappa shape index (κ3) is 4.15. The van der Waals surface area contributed by atoms with Crippen molar-refractivity contribution in [1.29, 1.82) is 0 Å². The maximum atomic E-state index is 13.0. The van der Waals surface area contributed by atoms with Crippen LogP contribution >= 0.6 is 46.7 Å². The Morgan fingerprint density at radius 1 is 1.28 bits per heavy atom. The number of ether oxygens (including phenoxy) is 1. The Balaban J connectivity index is 0.00000240. The first-order chi connectivity index (χ1) is 13.5. The maximum Gasteiger partial charge on any atom is 0.341 e. The van der Waals surface area contributed by atoms with Crippen molar-refractivity contribution in [1.82, 2.24) is 4.90 Å². The van der Waals surface area contributed by atoms with Crippen LogP contribution in [-0.2, 0) is 17.7 Å². The molecule has 1 N–H and O–H groups in total. The molecular weight excluding hydrogens is 451 g/mol. The highest BCUT2D eigenvalue weighted by atomic mass is 35.5. The van der Waals surface area contributed by atoms with E-state index in [1.165, 1.54) is 22.7 Å². The van der Waals surface area contributed by atoms with Gasteiger partial charge in [0.25, 0.3) is 5.91 Å². The van der Waals surface area contributed by atoms with Crippen LogP contribution in [0.3, 0.4) is 0 Å². The average Bonchev–Trinajstić information content (AvgIpc) is 3.19. The molecule has 1 aliphatic heterocycles. The number of carbonyl (C=O) groups excluding carboxylic acids is 2. The highest BCUT2D eigenvalue weighted by Gasteiger charge is 2.29. The van der Waals surface area contributed by atoms with E-state index in [1.54, 1.807) is 6.92 Å². The Morgan fingerprint density at radius 3 is 2.76 bits per heavy atom. The van der Waals surface area contributed by atoms with Crippen LogP contribution in [0.15, 0.2) is 24.3 Å². The molecule has 0 aliphatic carbocycles. The summed E-state index contributed by atoms with van der Waals surface area (Å²) in [4.78, 5) is 29.3. The lowest BCUT2D eigenvalue weighted by Gasteiger charge is -2.22. The number of amides is 1. The van der Waals surface area contributed by atoms with E-state index in [-0.39, 0.29) is 24.3 Å². The number of carbonyl (C=O) groups is 2. The summed E-state index contributed by atoms with van der Waals surface area (Å²) in [6, 6.07) is 7.64. The van der Waals surface area contributed by atoms with E-state index in [0.29, 0.717) is 27.1 Å². The van der Waals surface area contributed by atoms with Gasteiger partial charge < -0.3 is 15.0 Å². The smallest absolute Gasteiger partial charge is 0.341 e. The van der Waals surface area contributed by atoms with Gasteiger partial charge in [-0.2, -0.15) is 0 Å². The number of hydrogen-bond acceptors (Lipinski definition) is 6. The van der Waals surface area contributed by atoms with Crippen LogP contribution in [0.1, 0.15) is 37.4 Å². The number of benzene rings is 1. The Labute approximate surface area is 188 Å². The zero-order valence-corrected chi connectivity index (χ0v) is 19.1. The molecule has 29 heavy (non-hydrogen) atoms. The first-order valence-corrected chi connectivity index (χ1v) is 11.0. The van der Waals surface area contributed by atoms with E-state index >= 15 is 0 Å². The quantitative estimate of drug-likeness (QED) is 0.514. The van der Waals surface area contributed by atoms with Gasteiger partial charge in [0.15, 0.2) is 0 Å². The minimum absolute atomic E-state index is 0. The van der Waals surface area contributed by atoms with Gasteiger partial charge in [0, 0.05) is 28.1 Å². The zero-order valence-electron chi connectivity index (χ0n) is 15.9. The minimum atomic E-state index is -0.387. The number of likely N-dealkylation sites (N-methyl/N-ethyl adjacent to an activating group) is 1. The summed E-state index contributed by atoms with van der Waals surface area (Å²) in [5.41, 5.74) is 1.47. The monoisotopic (exact) mass is 470 g/mol. The summed E-state index contributed by atoms with van der Waals surface area (Å²) in [5.74, 6) is -0.689. The summed E-state index contributed by atoms with van der Waals surface area (Å²) in [7, 11) is 2.04. The maximum absolute atomic E-state index is 13.0. The second-order valence-corrected chi connectivity index (χ2v) is 9.15. The molecule has 4 rings (SSSR count). The lowest BCUT2D eigenvalue weighted by atomic mass is 10.0. The highest BCUT2D eigenvalue weighted by molar-refractivity contribution is 7.22. The molecule has 0 unspecified atom stereocenters. The third-order valence-electron chi connectivity index (χ3n) is 4.70. The van der Waals surface area contributed by atoms with Gasteiger partial charge >= 0.3 is 5.97 Å². The van der Waals surface area contributed by atoms with Gasteiger partial charge in [-0.3, -0.25) is 4.79 Å². The molecular formula is C20H20Cl2N2O3S2. The Morgan fingerprint density at radius 2 is 2.03 bits per heavy atom. The average molecular weight is 471 g/mol. The van der Waals surface area contributed by atoms with Gasteiger partial charge in [-0.15, -0.1) is 35.1 Å². The second-order valence-electron chi connectivity index (χ2n) is 6.61. The van der Waals surface area contributed by atoms with Crippen LogP contribution in [0, 0.1) is 0 Å². The van der Waals surface area contributed by atoms with Crippen molar-refractivity contribution < 1.29 is 14.3 Å². The van der Waals surface area contributed by atoms with E-state index < -0.39 is 0 Å². The van der Waals surface area contributed by atoms with Crippen molar-refractivity contribution in [2.75, 3.05) is 25.5 Å². The van der Waals surface area contributed by atoms with Gasteiger partial charge in [0.1, 0.15) is 9.88 Å². The van der Waals surface area contributed by atoms with Crippen LogP contribution in [0.4, 0.5) is 5.00 Å². The van der Waals surface area contributed by atoms with E-state index in [1.807, 2.05) is 31.3 Å². The van der Waals surface area contributed by atoms with Crippen LogP contribution in [0.2, 0.25) is 5.02 Å². The van der Waals surface area contributed by atoms with Gasteiger partial charge in [-0.1, -0.05) is 29.8 Å². The number of fused-ring (bicyclic) bond motifs is 2. The number of nitrogens with zero attached hydrogens (tertiary/aromatic N) is 1. The van der Waals surface area contributed by atoms with Crippen molar-refractivity contribution in [3.63, 3.8) is 0 Å². The standard InChI is InChI=1S/C20H19ClN2O3S2.ClH/c1-3-26-20(25)15-11-8-9-23(2)10-14(11)28-19(15)22-18(24)17-16(21)12-6-4-5-7-13(12)27-17;/h4-7H,3,8-10H2,1-2H3,(H,22,24);1H. The number of thiophene rings is 2. The number of anilines is 1. The first-order valence-electron chi connectivity index (χ1n) is 8.98. The fourth-order valence-electron chi connectivity index (χ4n) is 3.36.